The van der Waals surface area contributed by atoms with Crippen LogP contribution >= 0.6 is 0 Å². The van der Waals surface area contributed by atoms with Gasteiger partial charge in [-0.15, -0.1) is 0 Å². The van der Waals surface area contributed by atoms with Crippen LogP contribution in [0.5, 0.6) is 0 Å². The molecule has 1 amide bonds. The Labute approximate surface area is 101 Å². The average Bonchev–Trinajstić information content (AvgIpc) is 2.25. The predicted molar refractivity (Wildman–Crippen MR) is 56.6 cm³/mol. The van der Waals surface area contributed by atoms with Crippen molar-refractivity contribution in [3.63, 3.8) is 0 Å². The van der Waals surface area contributed by atoms with Crippen LogP contribution in [0.2, 0.25) is 0 Å². The van der Waals surface area contributed by atoms with E-state index in [0.717, 1.165) is 6.92 Å². The highest BCUT2D eigenvalue weighted by Gasteiger charge is 2.26. The fraction of sp³-hybridized carbons (Fsp3) is 0.273. The molecular formula is C11H10F3NO3. The van der Waals surface area contributed by atoms with Gasteiger partial charge in [-0.25, -0.2) is 18.0 Å². The van der Waals surface area contributed by atoms with Crippen LogP contribution in [-0.2, 0) is 9.59 Å². The van der Waals surface area contributed by atoms with E-state index in [4.69, 9.17) is 5.11 Å². The van der Waals surface area contributed by atoms with Crippen LogP contribution in [-0.4, -0.2) is 23.0 Å². The second-order valence-electron chi connectivity index (χ2n) is 3.63. The molecule has 7 heteroatoms. The Morgan fingerprint density at radius 3 is 2.00 bits per heavy atom. The number of benzene rings is 1. The summed E-state index contributed by atoms with van der Waals surface area (Å²) in [5, 5.41) is 8.80. The lowest BCUT2D eigenvalue weighted by molar-refractivity contribution is -0.139. The zero-order valence-electron chi connectivity index (χ0n) is 9.58. The van der Waals surface area contributed by atoms with Crippen LogP contribution in [0.15, 0.2) is 12.1 Å². The van der Waals surface area contributed by atoms with Gasteiger partial charge in [0.15, 0.2) is 17.5 Å². The number of amides is 1. The molecule has 0 aromatic heterocycles. The Bertz CT molecular complexity index is 481. The highest BCUT2D eigenvalue weighted by atomic mass is 19.2. The summed E-state index contributed by atoms with van der Waals surface area (Å²) in [5.74, 6) is -6.74. The molecule has 4 nitrogen and oxygen atoms in total. The number of aliphatic carboxylic acids is 1. The van der Waals surface area contributed by atoms with E-state index >= 15 is 0 Å². The molecule has 0 spiro atoms. The summed E-state index contributed by atoms with van der Waals surface area (Å²) in [6.45, 7) is 2.21. The summed E-state index contributed by atoms with van der Waals surface area (Å²) in [4.78, 5) is 22.8. The lowest BCUT2D eigenvalue weighted by Crippen LogP contribution is -2.42. The third-order valence-electron chi connectivity index (χ3n) is 2.33. The van der Waals surface area contributed by atoms with E-state index in [-0.39, 0.29) is 5.69 Å². The maximum absolute atomic E-state index is 13.0. The van der Waals surface area contributed by atoms with Crippen molar-refractivity contribution in [1.29, 1.82) is 0 Å². The molecule has 0 aliphatic heterocycles. The van der Waals surface area contributed by atoms with E-state index in [2.05, 4.69) is 0 Å². The molecule has 0 aliphatic carbocycles. The zero-order valence-corrected chi connectivity index (χ0v) is 9.58. The molecule has 1 unspecified atom stereocenters. The van der Waals surface area contributed by atoms with Gasteiger partial charge in [0.2, 0.25) is 5.91 Å². The minimum Gasteiger partial charge on any atom is -0.480 e. The Morgan fingerprint density at radius 2 is 1.67 bits per heavy atom. The van der Waals surface area contributed by atoms with Crippen LogP contribution < -0.4 is 4.90 Å². The molecule has 1 N–H and O–H groups in total. The Kier molecular flexibility index (Phi) is 3.95. The molecule has 0 heterocycles. The van der Waals surface area contributed by atoms with Crippen LogP contribution in [0.3, 0.4) is 0 Å². The van der Waals surface area contributed by atoms with E-state index in [9.17, 15) is 22.8 Å². The molecule has 18 heavy (non-hydrogen) atoms. The van der Waals surface area contributed by atoms with Gasteiger partial charge in [0.25, 0.3) is 0 Å². The van der Waals surface area contributed by atoms with Crippen LogP contribution in [0.25, 0.3) is 0 Å². The van der Waals surface area contributed by atoms with Gasteiger partial charge in [0.05, 0.1) is 5.69 Å². The molecular weight excluding hydrogens is 251 g/mol. The third-order valence-corrected chi connectivity index (χ3v) is 2.33. The van der Waals surface area contributed by atoms with Crippen LogP contribution in [0.4, 0.5) is 18.9 Å². The number of halogens is 3. The molecule has 0 aliphatic rings. The molecule has 98 valence electrons. The Hall–Kier alpha value is -2.05. The standard InChI is InChI=1S/C11H10F3NO3/c1-5(11(17)18)15(6(2)16)7-3-8(12)10(14)9(13)4-7/h3-5H,1-2H3,(H,17,18). The molecule has 0 bridgehead atoms. The minimum atomic E-state index is -1.68. The Balaban J connectivity index is 3.31. The molecule has 1 aromatic rings. The number of rotatable bonds is 3. The van der Waals surface area contributed by atoms with Crippen LogP contribution in [0.1, 0.15) is 13.8 Å². The maximum Gasteiger partial charge on any atom is 0.326 e. The van der Waals surface area contributed by atoms with E-state index in [1.165, 1.54) is 6.92 Å². The normalized spacial score (nSPS) is 12.1. The van der Waals surface area contributed by atoms with Crippen molar-refractivity contribution in [1.82, 2.24) is 0 Å². The van der Waals surface area contributed by atoms with Gasteiger partial charge in [-0.05, 0) is 6.92 Å². The van der Waals surface area contributed by atoms with Gasteiger partial charge in [0.1, 0.15) is 6.04 Å². The molecule has 1 aromatic carbocycles. The molecule has 1 atom stereocenters. The lowest BCUT2D eigenvalue weighted by Gasteiger charge is -2.25. The van der Waals surface area contributed by atoms with E-state index in [0.29, 0.717) is 17.0 Å². The monoisotopic (exact) mass is 261 g/mol. The number of carbonyl (C=O) groups is 2. The molecule has 0 fully saturated rings. The summed E-state index contributed by atoms with van der Waals surface area (Å²) < 4.78 is 38.8. The fourth-order valence-corrected chi connectivity index (χ4v) is 1.47. The first-order valence-corrected chi connectivity index (χ1v) is 4.92. The van der Waals surface area contributed by atoms with Crippen molar-refractivity contribution in [3.05, 3.63) is 29.6 Å². The predicted octanol–water partition coefficient (Wildman–Crippen LogP) is 1.93. The number of hydrogen-bond donors (Lipinski definition) is 1. The van der Waals surface area contributed by atoms with Gasteiger partial charge >= 0.3 is 5.97 Å². The van der Waals surface area contributed by atoms with E-state index in [1.807, 2.05) is 0 Å². The van der Waals surface area contributed by atoms with E-state index in [1.54, 1.807) is 0 Å². The van der Waals surface area contributed by atoms with E-state index < -0.39 is 35.4 Å². The van der Waals surface area contributed by atoms with Gasteiger partial charge < -0.3 is 5.11 Å². The van der Waals surface area contributed by atoms with Crippen molar-refractivity contribution in [3.8, 4) is 0 Å². The zero-order chi connectivity index (χ0) is 14.0. The van der Waals surface area contributed by atoms with Crippen molar-refractivity contribution >= 4 is 17.6 Å². The summed E-state index contributed by atoms with van der Waals surface area (Å²) >= 11 is 0. The topological polar surface area (TPSA) is 57.6 Å². The Morgan fingerprint density at radius 1 is 1.22 bits per heavy atom. The minimum absolute atomic E-state index is 0.353. The fourth-order valence-electron chi connectivity index (χ4n) is 1.47. The number of carboxylic acids is 1. The van der Waals surface area contributed by atoms with Gasteiger partial charge in [-0.1, -0.05) is 0 Å². The lowest BCUT2D eigenvalue weighted by atomic mass is 10.2. The number of nitrogens with zero attached hydrogens (tertiary/aromatic N) is 1. The van der Waals surface area contributed by atoms with Crippen LogP contribution in [0, 0.1) is 17.5 Å². The first kappa shape index (κ1) is 14.0. The summed E-state index contributed by atoms with van der Waals surface area (Å²) in [6, 6.07) is -0.190. The van der Waals surface area contributed by atoms with Crippen molar-refractivity contribution in [2.45, 2.75) is 19.9 Å². The SMILES string of the molecule is CC(=O)N(c1cc(F)c(F)c(F)c1)C(C)C(=O)O. The summed E-state index contributed by atoms with van der Waals surface area (Å²) in [6.07, 6.45) is 0. The molecule has 0 saturated carbocycles. The molecule has 0 radical (unpaired) electrons. The number of carboxylic acid groups (broad SMARTS) is 1. The first-order valence-electron chi connectivity index (χ1n) is 4.92. The average molecular weight is 261 g/mol. The second kappa shape index (κ2) is 5.07. The first-order chi connectivity index (χ1) is 8.25. The maximum atomic E-state index is 13.0. The van der Waals surface area contributed by atoms with Gasteiger partial charge in [-0.2, -0.15) is 0 Å². The highest BCUT2D eigenvalue weighted by molar-refractivity contribution is 5.97. The number of carbonyl (C=O) groups excluding carboxylic acids is 1. The van der Waals surface area contributed by atoms with Crippen molar-refractivity contribution in [2.75, 3.05) is 4.90 Å². The number of hydrogen-bond acceptors (Lipinski definition) is 2. The van der Waals surface area contributed by atoms with Crippen molar-refractivity contribution < 1.29 is 27.9 Å². The molecule has 0 saturated heterocycles. The largest absolute Gasteiger partial charge is 0.480 e. The highest BCUT2D eigenvalue weighted by Crippen LogP contribution is 2.23. The second-order valence-corrected chi connectivity index (χ2v) is 3.63. The quantitative estimate of drug-likeness (QED) is 0.846. The summed E-state index contributed by atoms with van der Waals surface area (Å²) in [7, 11) is 0. The van der Waals surface area contributed by atoms with Gasteiger partial charge in [-0.3, -0.25) is 9.69 Å². The number of anilines is 1. The van der Waals surface area contributed by atoms with Gasteiger partial charge in [0, 0.05) is 19.1 Å². The van der Waals surface area contributed by atoms with Crippen molar-refractivity contribution in [2.24, 2.45) is 0 Å². The smallest absolute Gasteiger partial charge is 0.326 e. The third kappa shape index (κ3) is 2.61. The summed E-state index contributed by atoms with van der Waals surface area (Å²) in [5.41, 5.74) is -0.353. The molecule has 1 rings (SSSR count).